The van der Waals surface area contributed by atoms with Gasteiger partial charge in [-0.1, -0.05) is 13.5 Å². The molecular weight excluding hydrogens is 142 g/mol. The molecule has 0 fully saturated rings. The molecule has 1 heterocycles. The highest BCUT2D eigenvalue weighted by Gasteiger charge is 2.07. The average Bonchev–Trinajstić information content (AvgIpc) is 2.53. The summed E-state index contributed by atoms with van der Waals surface area (Å²) >= 11 is 0. The number of hydrogen-bond donors (Lipinski definition) is 1. The van der Waals surface area contributed by atoms with Gasteiger partial charge in [0.25, 0.3) is 0 Å². The molecule has 0 amide bonds. The molecule has 0 bridgehead atoms. The van der Waals surface area contributed by atoms with Crippen LogP contribution in [-0.4, -0.2) is 26.0 Å². The van der Waals surface area contributed by atoms with Crippen LogP contribution in [0.25, 0.3) is 5.70 Å². The van der Waals surface area contributed by atoms with Crippen molar-refractivity contribution in [3.05, 3.63) is 19.2 Å². The molecule has 11 heavy (non-hydrogen) atoms. The third kappa shape index (κ3) is 1.65. The van der Waals surface area contributed by atoms with Gasteiger partial charge in [-0.2, -0.15) is 5.10 Å². The molecule has 0 saturated carbocycles. The minimum atomic E-state index is -0.531. The van der Waals surface area contributed by atoms with Crippen LogP contribution in [0.3, 0.4) is 0 Å². The molecule has 60 valence electrons. The molecule has 0 aliphatic rings. The van der Waals surface area contributed by atoms with Gasteiger partial charge in [-0.15, -0.1) is 0 Å². The summed E-state index contributed by atoms with van der Waals surface area (Å²) in [5.41, 5.74) is 0.560. The van der Waals surface area contributed by atoms with E-state index in [4.69, 9.17) is 0 Å². The van der Waals surface area contributed by atoms with Gasteiger partial charge in [-0.05, 0) is 6.42 Å². The molecular formula is C7H11N3O. The summed E-state index contributed by atoms with van der Waals surface area (Å²) in [5, 5.41) is 13.1. The van der Waals surface area contributed by atoms with Crippen molar-refractivity contribution >= 4 is 5.70 Å². The van der Waals surface area contributed by atoms with Gasteiger partial charge in [0.05, 0.1) is 11.8 Å². The molecule has 0 radical (unpaired) electrons. The Morgan fingerprint density at radius 3 is 3.00 bits per heavy atom. The fourth-order valence-electron chi connectivity index (χ4n) is 0.745. The topological polar surface area (TPSA) is 50.9 Å². The molecule has 4 nitrogen and oxygen atoms in total. The van der Waals surface area contributed by atoms with Crippen LogP contribution in [0.2, 0.25) is 0 Å². The predicted octanol–water partition coefficient (Wildman–Crippen LogP) is 0.520. The van der Waals surface area contributed by atoms with Gasteiger partial charge < -0.3 is 5.11 Å². The van der Waals surface area contributed by atoms with Crippen molar-refractivity contribution in [2.75, 3.05) is 0 Å². The first-order valence-electron chi connectivity index (χ1n) is 3.47. The van der Waals surface area contributed by atoms with E-state index in [1.54, 1.807) is 0 Å². The summed E-state index contributed by atoms with van der Waals surface area (Å²) < 4.78 is 1.47. The Hall–Kier alpha value is -1.16. The summed E-state index contributed by atoms with van der Waals surface area (Å²) in [7, 11) is 0. The number of rotatable bonds is 3. The minimum Gasteiger partial charge on any atom is -0.387 e. The highest BCUT2D eigenvalue weighted by Crippen LogP contribution is 2.07. The highest BCUT2D eigenvalue weighted by atomic mass is 16.3. The lowest BCUT2D eigenvalue weighted by molar-refractivity contribution is 0.221. The van der Waals surface area contributed by atoms with Gasteiger partial charge in [0.15, 0.2) is 0 Å². The smallest absolute Gasteiger partial charge is 0.138 e. The Bertz CT molecular complexity index is 230. The SMILES string of the molecule is C=C(C(O)CC)n1cncn1. The summed E-state index contributed by atoms with van der Waals surface area (Å²) in [4.78, 5) is 3.74. The Morgan fingerprint density at radius 1 is 1.82 bits per heavy atom. The summed E-state index contributed by atoms with van der Waals surface area (Å²) in [6.45, 7) is 5.56. The van der Waals surface area contributed by atoms with Gasteiger partial charge in [-0.3, -0.25) is 0 Å². The lowest BCUT2D eigenvalue weighted by Crippen LogP contribution is -2.12. The second-order valence-corrected chi connectivity index (χ2v) is 2.26. The van der Waals surface area contributed by atoms with Crippen LogP contribution in [0.15, 0.2) is 19.2 Å². The van der Waals surface area contributed by atoms with Crippen LogP contribution in [0.1, 0.15) is 13.3 Å². The van der Waals surface area contributed by atoms with Crippen molar-refractivity contribution in [3.63, 3.8) is 0 Å². The van der Waals surface area contributed by atoms with E-state index in [0.717, 1.165) is 0 Å². The molecule has 1 N–H and O–H groups in total. The Morgan fingerprint density at radius 2 is 2.55 bits per heavy atom. The van der Waals surface area contributed by atoms with E-state index in [2.05, 4.69) is 16.7 Å². The van der Waals surface area contributed by atoms with E-state index in [9.17, 15) is 5.11 Å². The number of hydrogen-bond acceptors (Lipinski definition) is 3. The van der Waals surface area contributed by atoms with Crippen LogP contribution in [0, 0.1) is 0 Å². The number of aliphatic hydroxyl groups is 1. The van der Waals surface area contributed by atoms with E-state index in [-0.39, 0.29) is 0 Å². The maximum atomic E-state index is 9.31. The zero-order chi connectivity index (χ0) is 8.27. The first-order chi connectivity index (χ1) is 5.25. The molecule has 0 aromatic carbocycles. The summed E-state index contributed by atoms with van der Waals surface area (Å²) in [5.74, 6) is 0. The first-order valence-corrected chi connectivity index (χ1v) is 3.47. The molecule has 1 rings (SSSR count). The molecule has 0 aliphatic carbocycles. The second kappa shape index (κ2) is 3.30. The molecule has 1 atom stereocenters. The van der Waals surface area contributed by atoms with Crippen molar-refractivity contribution < 1.29 is 5.11 Å². The Balaban J connectivity index is 2.70. The predicted molar refractivity (Wildman–Crippen MR) is 41.6 cm³/mol. The van der Waals surface area contributed by atoms with Crippen LogP contribution in [0.5, 0.6) is 0 Å². The Labute approximate surface area is 65.2 Å². The van der Waals surface area contributed by atoms with Gasteiger partial charge in [0, 0.05) is 0 Å². The standard InChI is InChI=1S/C7H11N3O/c1-3-7(11)6(2)10-5-8-4-9-10/h4-5,7,11H,2-3H2,1H3. The van der Waals surface area contributed by atoms with Crippen LogP contribution in [-0.2, 0) is 0 Å². The van der Waals surface area contributed by atoms with E-state index in [1.165, 1.54) is 17.3 Å². The van der Waals surface area contributed by atoms with Crippen molar-refractivity contribution in [1.82, 2.24) is 14.8 Å². The number of nitrogens with zero attached hydrogens (tertiary/aromatic N) is 3. The molecule has 0 saturated heterocycles. The fourth-order valence-corrected chi connectivity index (χ4v) is 0.745. The maximum absolute atomic E-state index is 9.31. The maximum Gasteiger partial charge on any atom is 0.138 e. The summed E-state index contributed by atoms with van der Waals surface area (Å²) in [6, 6.07) is 0. The molecule has 4 heteroatoms. The molecule has 1 aromatic rings. The number of aromatic nitrogens is 3. The summed E-state index contributed by atoms with van der Waals surface area (Å²) in [6.07, 6.45) is 3.03. The Kier molecular flexibility index (Phi) is 2.38. The second-order valence-electron chi connectivity index (χ2n) is 2.26. The van der Waals surface area contributed by atoms with Crippen molar-refractivity contribution in [1.29, 1.82) is 0 Å². The third-order valence-electron chi connectivity index (χ3n) is 1.48. The lowest BCUT2D eigenvalue weighted by Gasteiger charge is -2.09. The molecule has 1 aromatic heterocycles. The van der Waals surface area contributed by atoms with E-state index >= 15 is 0 Å². The van der Waals surface area contributed by atoms with Gasteiger partial charge in [-0.25, -0.2) is 9.67 Å². The van der Waals surface area contributed by atoms with Gasteiger partial charge in [0.2, 0.25) is 0 Å². The van der Waals surface area contributed by atoms with Crippen LogP contribution >= 0.6 is 0 Å². The lowest BCUT2D eigenvalue weighted by atomic mass is 10.2. The van der Waals surface area contributed by atoms with Crippen molar-refractivity contribution in [2.24, 2.45) is 0 Å². The largest absolute Gasteiger partial charge is 0.387 e. The highest BCUT2D eigenvalue weighted by molar-refractivity contribution is 5.43. The zero-order valence-electron chi connectivity index (χ0n) is 6.44. The van der Waals surface area contributed by atoms with E-state index in [0.29, 0.717) is 12.1 Å². The van der Waals surface area contributed by atoms with Crippen molar-refractivity contribution in [2.45, 2.75) is 19.4 Å². The zero-order valence-corrected chi connectivity index (χ0v) is 6.44. The van der Waals surface area contributed by atoms with Crippen LogP contribution in [0.4, 0.5) is 0 Å². The van der Waals surface area contributed by atoms with Crippen molar-refractivity contribution in [3.8, 4) is 0 Å². The normalized spacial score (nSPS) is 12.9. The number of aliphatic hydroxyl groups excluding tert-OH is 1. The van der Waals surface area contributed by atoms with Crippen LogP contribution < -0.4 is 0 Å². The van der Waals surface area contributed by atoms with E-state index in [1.807, 2.05) is 6.92 Å². The molecule has 1 unspecified atom stereocenters. The average molecular weight is 153 g/mol. The quantitative estimate of drug-likeness (QED) is 0.688. The molecule has 0 aliphatic heterocycles. The van der Waals surface area contributed by atoms with E-state index < -0.39 is 6.10 Å². The third-order valence-corrected chi connectivity index (χ3v) is 1.48. The fraction of sp³-hybridized carbons (Fsp3) is 0.429. The van der Waals surface area contributed by atoms with Gasteiger partial charge in [0.1, 0.15) is 12.7 Å². The first kappa shape index (κ1) is 7.94. The minimum absolute atomic E-state index is 0.531. The molecule has 0 spiro atoms. The monoisotopic (exact) mass is 153 g/mol. The van der Waals surface area contributed by atoms with Gasteiger partial charge >= 0.3 is 0 Å².